The van der Waals surface area contributed by atoms with Crippen LogP contribution >= 0.6 is 11.3 Å². The van der Waals surface area contributed by atoms with Gasteiger partial charge >= 0.3 is 0 Å². The van der Waals surface area contributed by atoms with Crippen LogP contribution in [0.15, 0.2) is 23.0 Å². The van der Waals surface area contributed by atoms with Crippen molar-refractivity contribution in [3.05, 3.63) is 44.8 Å². The minimum atomic E-state index is -0.0819. The van der Waals surface area contributed by atoms with Crippen molar-refractivity contribution in [1.29, 1.82) is 0 Å². The van der Waals surface area contributed by atoms with Gasteiger partial charge in [-0.15, -0.1) is 11.3 Å². The van der Waals surface area contributed by atoms with E-state index in [4.69, 9.17) is 4.74 Å². The summed E-state index contributed by atoms with van der Waals surface area (Å²) in [7, 11) is 1.65. The van der Waals surface area contributed by atoms with Crippen LogP contribution in [0.3, 0.4) is 0 Å². The summed E-state index contributed by atoms with van der Waals surface area (Å²) in [6, 6.07) is 5.93. The second-order valence-corrected chi connectivity index (χ2v) is 7.67. The molecule has 3 rings (SSSR count). The maximum Gasteiger partial charge on any atom is 0.262 e. The number of benzene rings is 1. The maximum absolute atomic E-state index is 13.2. The first kappa shape index (κ1) is 18.3. The van der Waals surface area contributed by atoms with E-state index in [1.165, 1.54) is 18.3 Å². The summed E-state index contributed by atoms with van der Waals surface area (Å²) in [6.45, 7) is 7.70. The first-order valence-electron chi connectivity index (χ1n) is 8.48. The van der Waals surface area contributed by atoms with E-state index in [0.717, 1.165) is 32.1 Å². The van der Waals surface area contributed by atoms with Crippen molar-refractivity contribution in [2.24, 2.45) is 0 Å². The van der Waals surface area contributed by atoms with Crippen LogP contribution in [-0.2, 0) is 11.3 Å². The molecule has 1 aromatic carbocycles. The number of nitrogens with zero attached hydrogens (tertiary/aromatic N) is 2. The molecule has 0 radical (unpaired) electrons. The van der Waals surface area contributed by atoms with Crippen molar-refractivity contribution in [1.82, 2.24) is 9.55 Å². The molecule has 0 saturated heterocycles. The number of aryl methyl sites for hydroxylation is 3. The molecule has 6 heteroatoms. The molecule has 0 amide bonds. The van der Waals surface area contributed by atoms with Gasteiger partial charge in [-0.1, -0.05) is 6.07 Å². The Morgan fingerprint density at radius 2 is 2.00 bits per heavy atom. The third-order valence-electron chi connectivity index (χ3n) is 4.55. The number of fused-ring (bicyclic) bond motifs is 1. The number of hydrogen-bond donors (Lipinski definition) is 0. The van der Waals surface area contributed by atoms with Gasteiger partial charge in [0.15, 0.2) is 0 Å². The Labute approximate surface area is 156 Å². The number of carbonyl (C=O) groups is 1. The molecule has 3 aromatic rings. The minimum absolute atomic E-state index is 0.0592. The number of thiophene rings is 1. The molecule has 0 saturated carbocycles. The lowest BCUT2D eigenvalue weighted by Gasteiger charge is -2.10. The summed E-state index contributed by atoms with van der Waals surface area (Å²) in [5, 5.41) is 0.631. The van der Waals surface area contributed by atoms with Crippen molar-refractivity contribution < 1.29 is 9.53 Å². The van der Waals surface area contributed by atoms with E-state index < -0.39 is 0 Å². The molecule has 26 heavy (non-hydrogen) atoms. The maximum atomic E-state index is 13.2. The number of aromatic nitrogens is 2. The molecular weight excluding hydrogens is 348 g/mol. The van der Waals surface area contributed by atoms with Crippen LogP contribution in [0.4, 0.5) is 0 Å². The topological polar surface area (TPSA) is 61.2 Å². The Morgan fingerprint density at radius 1 is 1.27 bits per heavy atom. The standard InChI is InChI=1S/C20H22N2O3S/c1-11-10-15(6-7-16(11)25-5)17-13(3)26-19-18(17)20(24)22(14(4)21-19)9-8-12(2)23/h6-7,10H,8-9H2,1-5H3. The van der Waals surface area contributed by atoms with Crippen molar-refractivity contribution in [3.63, 3.8) is 0 Å². The molecule has 2 aromatic heterocycles. The first-order valence-corrected chi connectivity index (χ1v) is 9.30. The number of Topliss-reactive ketones (excluding diaryl/α,β-unsaturated/α-hetero) is 1. The average Bonchev–Trinajstić information content (AvgIpc) is 2.90. The Kier molecular flexibility index (Phi) is 4.96. The van der Waals surface area contributed by atoms with E-state index in [1.807, 2.05) is 39.0 Å². The Bertz CT molecular complexity index is 1060. The van der Waals surface area contributed by atoms with Crippen LogP contribution in [0.25, 0.3) is 21.3 Å². The molecule has 2 heterocycles. The van der Waals surface area contributed by atoms with Gasteiger partial charge in [-0.05, 0) is 51.0 Å². The highest BCUT2D eigenvalue weighted by atomic mass is 32.1. The van der Waals surface area contributed by atoms with Gasteiger partial charge in [0.2, 0.25) is 0 Å². The molecule has 0 N–H and O–H groups in total. The zero-order valence-electron chi connectivity index (χ0n) is 15.7. The van der Waals surface area contributed by atoms with Crippen molar-refractivity contribution >= 4 is 27.3 Å². The monoisotopic (exact) mass is 370 g/mol. The van der Waals surface area contributed by atoms with Crippen LogP contribution in [0, 0.1) is 20.8 Å². The van der Waals surface area contributed by atoms with Gasteiger partial charge in [-0.3, -0.25) is 14.2 Å². The predicted octanol–water partition coefficient (Wildman–Crippen LogP) is 4.04. The SMILES string of the molecule is COc1ccc(-c2c(C)sc3nc(C)n(CCC(C)=O)c(=O)c23)cc1C. The van der Waals surface area contributed by atoms with Crippen LogP contribution in [0.5, 0.6) is 5.75 Å². The van der Waals surface area contributed by atoms with Gasteiger partial charge in [-0.25, -0.2) is 4.98 Å². The van der Waals surface area contributed by atoms with Gasteiger partial charge in [0.25, 0.3) is 5.56 Å². The van der Waals surface area contributed by atoms with Crippen LogP contribution in [0.2, 0.25) is 0 Å². The lowest BCUT2D eigenvalue weighted by Crippen LogP contribution is -2.24. The number of carbonyl (C=O) groups excluding carboxylic acids is 1. The molecule has 0 aliphatic carbocycles. The largest absolute Gasteiger partial charge is 0.496 e. The summed E-state index contributed by atoms with van der Waals surface area (Å²) in [6.07, 6.45) is 0.327. The number of methoxy groups -OCH3 is 1. The Hall–Kier alpha value is -2.47. The van der Waals surface area contributed by atoms with E-state index in [9.17, 15) is 9.59 Å². The van der Waals surface area contributed by atoms with Crippen LogP contribution in [-0.4, -0.2) is 22.4 Å². The fourth-order valence-corrected chi connectivity index (χ4v) is 4.29. The molecule has 136 valence electrons. The molecule has 0 aliphatic heterocycles. The number of ether oxygens (including phenoxy) is 1. The van der Waals surface area contributed by atoms with E-state index in [0.29, 0.717) is 24.2 Å². The van der Waals surface area contributed by atoms with Crippen molar-refractivity contribution in [3.8, 4) is 16.9 Å². The summed E-state index contributed by atoms with van der Waals surface area (Å²) in [4.78, 5) is 30.9. The quantitative estimate of drug-likeness (QED) is 0.680. The minimum Gasteiger partial charge on any atom is -0.496 e. The summed E-state index contributed by atoms with van der Waals surface area (Å²) >= 11 is 1.53. The molecule has 0 fully saturated rings. The summed E-state index contributed by atoms with van der Waals surface area (Å²) < 4.78 is 6.95. The zero-order valence-corrected chi connectivity index (χ0v) is 16.5. The van der Waals surface area contributed by atoms with Crippen molar-refractivity contribution in [2.45, 2.75) is 40.7 Å². The number of hydrogen-bond acceptors (Lipinski definition) is 5. The fraction of sp³-hybridized carbons (Fsp3) is 0.350. The normalized spacial score (nSPS) is 11.1. The molecule has 0 atom stereocenters. The summed E-state index contributed by atoms with van der Waals surface area (Å²) in [5.74, 6) is 1.52. The first-order chi connectivity index (χ1) is 12.3. The fourth-order valence-electron chi connectivity index (χ4n) is 3.21. The van der Waals surface area contributed by atoms with E-state index in [2.05, 4.69) is 4.98 Å². The van der Waals surface area contributed by atoms with Gasteiger partial charge in [0.05, 0.1) is 12.5 Å². The van der Waals surface area contributed by atoms with Crippen LogP contribution < -0.4 is 10.3 Å². The third kappa shape index (κ3) is 3.17. The van der Waals surface area contributed by atoms with E-state index in [1.54, 1.807) is 11.7 Å². The molecule has 5 nitrogen and oxygen atoms in total. The Morgan fingerprint density at radius 3 is 2.62 bits per heavy atom. The average molecular weight is 370 g/mol. The van der Waals surface area contributed by atoms with E-state index in [-0.39, 0.29) is 11.3 Å². The van der Waals surface area contributed by atoms with Gasteiger partial charge in [-0.2, -0.15) is 0 Å². The van der Waals surface area contributed by atoms with Crippen LogP contribution in [0.1, 0.15) is 29.6 Å². The molecular formula is C20H22N2O3S. The molecule has 0 spiro atoms. The number of ketones is 1. The third-order valence-corrected chi connectivity index (χ3v) is 5.55. The second kappa shape index (κ2) is 7.03. The highest BCUT2D eigenvalue weighted by Crippen LogP contribution is 2.37. The van der Waals surface area contributed by atoms with Crippen molar-refractivity contribution in [2.75, 3.05) is 7.11 Å². The van der Waals surface area contributed by atoms with Gasteiger partial charge in [0.1, 0.15) is 22.2 Å². The Balaban J connectivity index is 2.24. The smallest absolute Gasteiger partial charge is 0.262 e. The predicted molar refractivity (Wildman–Crippen MR) is 105 cm³/mol. The second-order valence-electron chi connectivity index (χ2n) is 6.47. The van der Waals surface area contributed by atoms with Gasteiger partial charge in [0, 0.05) is 23.4 Å². The molecule has 0 bridgehead atoms. The van der Waals surface area contributed by atoms with Gasteiger partial charge < -0.3 is 4.74 Å². The summed E-state index contributed by atoms with van der Waals surface area (Å²) in [5.41, 5.74) is 2.83. The highest BCUT2D eigenvalue weighted by molar-refractivity contribution is 7.19. The van der Waals surface area contributed by atoms with E-state index >= 15 is 0 Å². The lowest BCUT2D eigenvalue weighted by atomic mass is 10.0. The number of rotatable bonds is 5. The highest BCUT2D eigenvalue weighted by Gasteiger charge is 2.19. The molecule has 0 aliphatic rings. The lowest BCUT2D eigenvalue weighted by molar-refractivity contribution is -0.117. The molecule has 0 unspecified atom stereocenters. The zero-order chi connectivity index (χ0) is 19.0.